The molecule has 1 N–H and O–H groups in total. The molecule has 1 atom stereocenters. The Bertz CT molecular complexity index is 1250. The van der Waals surface area contributed by atoms with Gasteiger partial charge in [-0.1, -0.05) is 12.1 Å². The Morgan fingerprint density at radius 3 is 2.62 bits per heavy atom. The highest BCUT2D eigenvalue weighted by molar-refractivity contribution is 7.14. The number of aliphatic hydroxyl groups is 1. The highest BCUT2D eigenvalue weighted by Gasteiger charge is 2.45. The summed E-state index contributed by atoms with van der Waals surface area (Å²) >= 11 is 1.24. The molecule has 3 heterocycles. The molecule has 2 aromatic heterocycles. The van der Waals surface area contributed by atoms with Crippen LogP contribution in [0.3, 0.4) is 0 Å². The molecule has 178 valence electrons. The van der Waals surface area contributed by atoms with Gasteiger partial charge < -0.3 is 24.0 Å². The van der Waals surface area contributed by atoms with E-state index in [1.54, 1.807) is 37.6 Å². The Morgan fingerprint density at radius 1 is 1.21 bits per heavy atom. The normalized spacial score (nSPS) is 15.8. The van der Waals surface area contributed by atoms with Crippen molar-refractivity contribution in [1.82, 2.24) is 19.4 Å². The molecule has 0 radical (unpaired) electrons. The van der Waals surface area contributed by atoms with Gasteiger partial charge in [0.25, 0.3) is 5.91 Å². The quantitative estimate of drug-likeness (QED) is 0.464. The third-order valence-electron chi connectivity index (χ3n) is 5.76. The van der Waals surface area contributed by atoms with E-state index in [4.69, 9.17) is 9.47 Å². The second-order valence-electron chi connectivity index (χ2n) is 7.88. The summed E-state index contributed by atoms with van der Waals surface area (Å²) in [5.74, 6) is -0.690. The number of carbonyl (C=O) groups is 2. The van der Waals surface area contributed by atoms with E-state index in [2.05, 4.69) is 9.97 Å². The van der Waals surface area contributed by atoms with Crippen LogP contribution >= 0.6 is 11.3 Å². The number of nitrogens with zero attached hydrogens (tertiary/aromatic N) is 4. The zero-order valence-electron chi connectivity index (χ0n) is 19.4. The first-order valence-electron chi connectivity index (χ1n) is 10.8. The summed E-state index contributed by atoms with van der Waals surface area (Å²) in [6, 6.07) is 4.45. The third kappa shape index (κ3) is 4.16. The first kappa shape index (κ1) is 23.5. The lowest BCUT2D eigenvalue weighted by Gasteiger charge is -2.28. The van der Waals surface area contributed by atoms with E-state index in [1.165, 1.54) is 30.5 Å². The van der Waals surface area contributed by atoms with Gasteiger partial charge in [0.15, 0.2) is 17.3 Å². The molecule has 0 bridgehead atoms. The molecule has 1 aliphatic heterocycles. The number of carbonyl (C=O) groups excluding carboxylic acids is 2. The van der Waals surface area contributed by atoms with E-state index in [0.29, 0.717) is 47.1 Å². The molecule has 0 saturated heterocycles. The number of ether oxygens (including phenoxy) is 2. The molecular weight excluding hydrogens is 456 g/mol. The Morgan fingerprint density at radius 2 is 2.00 bits per heavy atom. The maximum atomic E-state index is 13.7. The number of imidazole rings is 1. The number of ketones is 1. The number of Topliss-reactive ketones (excluding diaryl/α,β-unsaturated/α-hetero) is 1. The predicted octanol–water partition coefficient (Wildman–Crippen LogP) is 3.64. The monoisotopic (exact) mass is 482 g/mol. The number of hydrogen-bond donors (Lipinski definition) is 1. The van der Waals surface area contributed by atoms with Crippen molar-refractivity contribution in [3.63, 3.8) is 0 Å². The van der Waals surface area contributed by atoms with E-state index in [9.17, 15) is 14.7 Å². The van der Waals surface area contributed by atoms with Crippen LogP contribution in [0.4, 0.5) is 0 Å². The van der Waals surface area contributed by atoms with E-state index >= 15 is 0 Å². The van der Waals surface area contributed by atoms with Crippen LogP contribution in [-0.2, 0) is 11.3 Å². The van der Waals surface area contributed by atoms with Gasteiger partial charge in [0, 0.05) is 31.0 Å². The fourth-order valence-electron chi connectivity index (χ4n) is 4.27. The van der Waals surface area contributed by atoms with E-state index in [-0.39, 0.29) is 5.57 Å². The molecule has 1 aromatic carbocycles. The summed E-state index contributed by atoms with van der Waals surface area (Å²) in [5, 5.41) is 11.7. The van der Waals surface area contributed by atoms with Gasteiger partial charge in [-0.3, -0.25) is 9.59 Å². The fourth-order valence-corrected chi connectivity index (χ4v) is 5.15. The maximum Gasteiger partial charge on any atom is 0.290 e. The van der Waals surface area contributed by atoms with Crippen molar-refractivity contribution in [2.75, 3.05) is 20.8 Å². The minimum Gasteiger partial charge on any atom is -0.503 e. The van der Waals surface area contributed by atoms with Gasteiger partial charge in [-0.05, 0) is 26.3 Å². The number of methoxy groups -OCH3 is 2. The van der Waals surface area contributed by atoms with Crippen molar-refractivity contribution in [1.29, 1.82) is 0 Å². The van der Waals surface area contributed by atoms with Crippen molar-refractivity contribution in [3.05, 3.63) is 69.4 Å². The highest BCUT2D eigenvalue weighted by atomic mass is 32.1. The minimum atomic E-state index is -0.838. The number of rotatable bonds is 9. The van der Waals surface area contributed by atoms with Crippen molar-refractivity contribution >= 4 is 23.0 Å². The summed E-state index contributed by atoms with van der Waals surface area (Å²) in [6.45, 7) is 4.50. The fraction of sp³-hybridized carbons (Fsp3) is 0.333. The van der Waals surface area contributed by atoms with Crippen molar-refractivity contribution in [2.45, 2.75) is 32.9 Å². The zero-order valence-corrected chi connectivity index (χ0v) is 20.3. The molecule has 1 aliphatic rings. The molecule has 0 saturated carbocycles. The summed E-state index contributed by atoms with van der Waals surface area (Å²) < 4.78 is 13.0. The number of aliphatic hydroxyl groups excluding tert-OH is 1. The molecule has 4 rings (SSSR count). The second-order valence-corrected chi connectivity index (χ2v) is 9.08. The van der Waals surface area contributed by atoms with Gasteiger partial charge in [0.2, 0.25) is 5.78 Å². The first-order valence-corrected chi connectivity index (χ1v) is 11.6. The summed E-state index contributed by atoms with van der Waals surface area (Å²) in [7, 11) is 3.02. The Hall–Kier alpha value is -3.66. The second kappa shape index (κ2) is 9.68. The van der Waals surface area contributed by atoms with Crippen LogP contribution in [0.2, 0.25) is 0 Å². The number of amides is 1. The smallest absolute Gasteiger partial charge is 0.290 e. The number of benzene rings is 1. The van der Waals surface area contributed by atoms with Crippen LogP contribution in [0.25, 0.3) is 0 Å². The molecule has 9 nitrogen and oxygen atoms in total. The minimum absolute atomic E-state index is 0.0194. The van der Waals surface area contributed by atoms with Crippen LogP contribution in [0, 0.1) is 13.8 Å². The summed E-state index contributed by atoms with van der Waals surface area (Å²) in [5.41, 5.74) is 1.14. The zero-order chi connectivity index (χ0) is 24.4. The summed E-state index contributed by atoms with van der Waals surface area (Å²) in [6.07, 6.45) is 5.83. The molecule has 10 heteroatoms. The van der Waals surface area contributed by atoms with Crippen LogP contribution in [0.5, 0.6) is 11.5 Å². The SMILES string of the molecule is COc1cccc([C@H]2C(C(=O)c3sc(C)nc3C)=C(O)C(=O)N2CCCn2ccnc2)c1OC. The lowest BCUT2D eigenvalue weighted by molar-refractivity contribution is -0.129. The number of thiazole rings is 1. The van der Waals surface area contributed by atoms with Crippen LogP contribution < -0.4 is 9.47 Å². The first-order chi connectivity index (χ1) is 16.4. The number of aryl methyl sites for hydroxylation is 3. The largest absolute Gasteiger partial charge is 0.503 e. The number of aromatic nitrogens is 3. The predicted molar refractivity (Wildman–Crippen MR) is 126 cm³/mol. The molecule has 34 heavy (non-hydrogen) atoms. The number of para-hydroxylation sites is 1. The van der Waals surface area contributed by atoms with Gasteiger partial charge in [0.1, 0.15) is 0 Å². The van der Waals surface area contributed by atoms with Gasteiger partial charge in [-0.2, -0.15) is 0 Å². The van der Waals surface area contributed by atoms with E-state index < -0.39 is 23.5 Å². The number of hydrogen-bond acceptors (Lipinski definition) is 8. The van der Waals surface area contributed by atoms with Crippen LogP contribution in [0.1, 0.15) is 38.4 Å². The van der Waals surface area contributed by atoms with Crippen LogP contribution in [-0.4, -0.2) is 57.0 Å². The Labute approximate surface area is 201 Å². The van der Waals surface area contributed by atoms with Gasteiger partial charge in [0.05, 0.1) is 47.7 Å². The van der Waals surface area contributed by atoms with Gasteiger partial charge in [-0.25, -0.2) is 9.97 Å². The lowest BCUT2D eigenvalue weighted by Crippen LogP contribution is -2.33. The molecule has 0 fully saturated rings. The van der Waals surface area contributed by atoms with Gasteiger partial charge in [-0.15, -0.1) is 11.3 Å². The van der Waals surface area contributed by atoms with Crippen molar-refractivity contribution in [2.24, 2.45) is 0 Å². The molecule has 3 aromatic rings. The average Bonchev–Trinajstić information content (AvgIpc) is 3.53. The van der Waals surface area contributed by atoms with Crippen molar-refractivity contribution in [3.8, 4) is 11.5 Å². The molecule has 1 amide bonds. The average molecular weight is 483 g/mol. The Kier molecular flexibility index (Phi) is 6.69. The summed E-state index contributed by atoms with van der Waals surface area (Å²) in [4.78, 5) is 37.2. The Balaban J connectivity index is 1.78. The third-order valence-corrected chi connectivity index (χ3v) is 6.83. The molecular formula is C24H26N4O5S. The van der Waals surface area contributed by atoms with Crippen LogP contribution in [0.15, 0.2) is 48.3 Å². The van der Waals surface area contributed by atoms with Gasteiger partial charge >= 0.3 is 0 Å². The standard InChI is InChI=1S/C24H26N4O5S/c1-14-23(34-15(2)26-14)20(29)18-19(16-7-5-8-17(32-3)22(16)33-4)28(24(31)21(18)30)11-6-10-27-12-9-25-13-27/h5,7-9,12-13,19,30H,6,10-11H2,1-4H3/t19-/m0/s1. The van der Waals surface area contributed by atoms with Crippen molar-refractivity contribution < 1.29 is 24.2 Å². The molecule has 0 spiro atoms. The van der Waals surface area contributed by atoms with E-state index in [0.717, 1.165) is 5.01 Å². The molecule has 0 unspecified atom stereocenters. The highest BCUT2D eigenvalue weighted by Crippen LogP contribution is 2.45. The topological polar surface area (TPSA) is 107 Å². The van der Waals surface area contributed by atoms with E-state index in [1.807, 2.05) is 17.7 Å². The maximum absolute atomic E-state index is 13.7. The molecule has 0 aliphatic carbocycles. The lowest BCUT2D eigenvalue weighted by atomic mass is 9.94.